The Kier molecular flexibility index (Phi) is 6.39. The molecule has 0 aromatic heterocycles. The summed E-state index contributed by atoms with van der Waals surface area (Å²) in [5, 5.41) is 8.31. The van der Waals surface area contributed by atoms with Gasteiger partial charge in [-0.1, -0.05) is 18.2 Å². The molecule has 0 unspecified atom stereocenters. The van der Waals surface area contributed by atoms with Gasteiger partial charge in [0.2, 0.25) is 0 Å². The number of allylic oxidation sites excluding steroid dienone is 4. The number of rotatable bonds is 5. The second-order valence-corrected chi connectivity index (χ2v) is 5.94. The molecule has 0 saturated heterocycles. The van der Waals surface area contributed by atoms with Gasteiger partial charge in [0.05, 0.1) is 16.3 Å². The Morgan fingerprint density at radius 1 is 1.05 bits per heavy atom. The maximum atomic E-state index is 11.0. The Bertz CT molecular complexity index is 740. The van der Waals surface area contributed by atoms with Crippen molar-refractivity contribution in [1.29, 1.82) is 0 Å². The van der Waals surface area contributed by atoms with Gasteiger partial charge in [-0.25, -0.2) is 0 Å². The molecule has 1 aromatic carbocycles. The van der Waals surface area contributed by atoms with Crippen LogP contribution in [0.2, 0.25) is 0 Å². The minimum Gasteiger partial charge on any atom is -0.282 e. The molecule has 0 aliphatic heterocycles. The zero-order valence-electron chi connectivity index (χ0n) is 13.1. The van der Waals surface area contributed by atoms with Crippen molar-refractivity contribution in [2.75, 3.05) is 0 Å². The minimum absolute atomic E-state index is 0.170. The van der Waals surface area contributed by atoms with Crippen LogP contribution in [-0.2, 0) is 10.1 Å². The van der Waals surface area contributed by atoms with Crippen LogP contribution in [0.25, 0.3) is 0 Å². The first-order valence-corrected chi connectivity index (χ1v) is 8.23. The Balaban J connectivity index is 3.05. The molecule has 0 radical (unpaired) electrons. The highest BCUT2D eigenvalue weighted by Gasteiger charge is 2.08. The lowest BCUT2D eigenvalue weighted by Gasteiger charge is -2.06. The maximum Gasteiger partial charge on any atom is 0.294 e. The van der Waals surface area contributed by atoms with Gasteiger partial charge >= 0.3 is 0 Å². The fourth-order valence-corrected chi connectivity index (χ4v) is 2.28. The van der Waals surface area contributed by atoms with E-state index >= 15 is 0 Å². The smallest absolute Gasteiger partial charge is 0.282 e. The van der Waals surface area contributed by atoms with Crippen molar-refractivity contribution in [3.63, 3.8) is 0 Å². The third kappa shape index (κ3) is 4.75. The molecule has 0 heterocycles. The molecule has 22 heavy (non-hydrogen) atoms. The van der Waals surface area contributed by atoms with E-state index < -0.39 is 10.1 Å². The fraction of sp³-hybridized carbons (Fsp3) is 0.250. The van der Waals surface area contributed by atoms with Crippen LogP contribution in [0, 0.1) is 0 Å². The molecule has 1 aromatic rings. The summed E-state index contributed by atoms with van der Waals surface area (Å²) in [4.78, 5) is -0.170. The third-order valence-electron chi connectivity index (χ3n) is 3.10. The normalized spacial score (nSPS) is 14.7. The number of hydrogen-bond acceptors (Lipinski definition) is 4. The summed E-state index contributed by atoms with van der Waals surface area (Å²) in [5.74, 6) is 0. The molecule has 5 nitrogen and oxygen atoms in total. The molecule has 0 aliphatic carbocycles. The van der Waals surface area contributed by atoms with Gasteiger partial charge < -0.3 is 0 Å². The number of nitrogens with zero attached hydrogens (tertiary/aromatic N) is 2. The summed E-state index contributed by atoms with van der Waals surface area (Å²) >= 11 is 0. The van der Waals surface area contributed by atoms with Crippen molar-refractivity contribution in [3.05, 3.63) is 59.3 Å². The van der Waals surface area contributed by atoms with E-state index in [1.807, 2.05) is 45.9 Å². The number of benzene rings is 1. The highest BCUT2D eigenvalue weighted by atomic mass is 32.2. The molecule has 1 N–H and O–H groups in total. The Morgan fingerprint density at radius 2 is 1.64 bits per heavy atom. The standard InChI is InChI=1S/C16H20N2O3S/c1-5-12(4)15(6-2)16(7-3)18-17-13-8-10-14(11-9-13)22(19,20)21/h5-11H,1-4H3,(H,19,20,21)/b12-5-,15-6+,16-7+,18-17?. The molecular weight excluding hydrogens is 300 g/mol. The zero-order chi connectivity index (χ0) is 16.8. The van der Waals surface area contributed by atoms with Crippen LogP contribution < -0.4 is 0 Å². The van der Waals surface area contributed by atoms with Gasteiger partial charge in [0.25, 0.3) is 10.1 Å². The minimum atomic E-state index is -4.19. The van der Waals surface area contributed by atoms with E-state index in [0.29, 0.717) is 5.69 Å². The lowest BCUT2D eigenvalue weighted by atomic mass is 10.0. The van der Waals surface area contributed by atoms with Crippen LogP contribution in [-0.4, -0.2) is 13.0 Å². The Labute approximate surface area is 131 Å². The summed E-state index contributed by atoms with van der Waals surface area (Å²) in [5.41, 5.74) is 3.32. The second kappa shape index (κ2) is 7.82. The number of hydrogen-bond donors (Lipinski definition) is 1. The van der Waals surface area contributed by atoms with E-state index in [0.717, 1.165) is 16.8 Å². The van der Waals surface area contributed by atoms with Crippen LogP contribution in [0.4, 0.5) is 5.69 Å². The van der Waals surface area contributed by atoms with E-state index in [2.05, 4.69) is 10.2 Å². The lowest BCUT2D eigenvalue weighted by molar-refractivity contribution is 0.483. The largest absolute Gasteiger partial charge is 0.294 e. The van der Waals surface area contributed by atoms with E-state index in [1.165, 1.54) is 24.3 Å². The fourth-order valence-electron chi connectivity index (χ4n) is 1.80. The average Bonchev–Trinajstić information content (AvgIpc) is 2.50. The van der Waals surface area contributed by atoms with Gasteiger partial charge in [0, 0.05) is 0 Å². The molecule has 0 amide bonds. The Morgan fingerprint density at radius 3 is 2.05 bits per heavy atom. The van der Waals surface area contributed by atoms with E-state index in [-0.39, 0.29) is 4.90 Å². The molecule has 0 fully saturated rings. The van der Waals surface area contributed by atoms with Crippen molar-refractivity contribution in [1.82, 2.24) is 0 Å². The summed E-state index contributed by atoms with van der Waals surface area (Å²) in [6.07, 6.45) is 5.82. The molecule has 0 spiro atoms. The van der Waals surface area contributed by atoms with Gasteiger partial charge in [0.1, 0.15) is 0 Å². The van der Waals surface area contributed by atoms with E-state index in [4.69, 9.17) is 4.55 Å². The third-order valence-corrected chi connectivity index (χ3v) is 3.97. The SMILES string of the molecule is C\C=C(C)/C(=C\C)C(=C\C)/N=Nc1ccc(S(=O)(=O)O)cc1. The highest BCUT2D eigenvalue weighted by molar-refractivity contribution is 7.85. The van der Waals surface area contributed by atoms with Crippen LogP contribution in [0.1, 0.15) is 27.7 Å². The predicted octanol–water partition coefficient (Wildman–Crippen LogP) is 4.83. The second-order valence-electron chi connectivity index (χ2n) is 4.52. The lowest BCUT2D eigenvalue weighted by Crippen LogP contribution is -1.96. The molecule has 0 saturated carbocycles. The summed E-state index contributed by atoms with van der Waals surface area (Å²) < 4.78 is 30.9. The van der Waals surface area contributed by atoms with Gasteiger partial charge in [-0.15, -0.1) is 0 Å². The van der Waals surface area contributed by atoms with E-state index in [9.17, 15) is 8.42 Å². The average molecular weight is 320 g/mol. The highest BCUT2D eigenvalue weighted by Crippen LogP contribution is 2.23. The first-order valence-electron chi connectivity index (χ1n) is 6.79. The quantitative estimate of drug-likeness (QED) is 0.479. The first-order chi connectivity index (χ1) is 10.3. The van der Waals surface area contributed by atoms with Crippen molar-refractivity contribution >= 4 is 15.8 Å². The molecule has 0 atom stereocenters. The summed E-state index contributed by atoms with van der Waals surface area (Å²) in [6.45, 7) is 7.76. The summed E-state index contributed by atoms with van der Waals surface area (Å²) in [7, 11) is -4.19. The van der Waals surface area contributed by atoms with Gasteiger partial charge in [0.15, 0.2) is 0 Å². The number of azo groups is 1. The van der Waals surface area contributed by atoms with Crippen LogP contribution in [0.3, 0.4) is 0 Å². The van der Waals surface area contributed by atoms with Crippen LogP contribution >= 0.6 is 0 Å². The van der Waals surface area contributed by atoms with Gasteiger partial charge in [-0.3, -0.25) is 4.55 Å². The molecular formula is C16H20N2O3S. The summed E-state index contributed by atoms with van der Waals surface area (Å²) in [6, 6.07) is 5.54. The van der Waals surface area contributed by atoms with E-state index in [1.54, 1.807) is 0 Å². The topological polar surface area (TPSA) is 79.1 Å². The van der Waals surface area contributed by atoms with Crippen molar-refractivity contribution in [2.45, 2.75) is 32.6 Å². The first kappa shape index (κ1) is 18.0. The molecule has 118 valence electrons. The predicted molar refractivity (Wildman–Crippen MR) is 87.7 cm³/mol. The van der Waals surface area contributed by atoms with Crippen molar-refractivity contribution in [2.24, 2.45) is 10.2 Å². The van der Waals surface area contributed by atoms with Crippen molar-refractivity contribution < 1.29 is 13.0 Å². The van der Waals surface area contributed by atoms with Crippen LogP contribution in [0.15, 0.2) is 74.5 Å². The Hall–Kier alpha value is -2.05. The van der Waals surface area contributed by atoms with Gasteiger partial charge in [-0.2, -0.15) is 18.6 Å². The molecule has 0 bridgehead atoms. The molecule has 6 heteroatoms. The monoisotopic (exact) mass is 320 g/mol. The van der Waals surface area contributed by atoms with Crippen molar-refractivity contribution in [3.8, 4) is 0 Å². The van der Waals surface area contributed by atoms with Crippen LogP contribution in [0.5, 0.6) is 0 Å². The maximum absolute atomic E-state index is 11.0. The molecule has 0 aliphatic rings. The van der Waals surface area contributed by atoms with Gasteiger partial charge in [-0.05, 0) is 63.1 Å². The zero-order valence-corrected chi connectivity index (χ0v) is 13.9. The molecule has 1 rings (SSSR count).